The van der Waals surface area contributed by atoms with Crippen LogP contribution < -0.4 is 16.4 Å². The van der Waals surface area contributed by atoms with Crippen LogP contribution in [0.25, 0.3) is 22.0 Å². The molecule has 7 rings (SSSR count). The molecule has 1 fully saturated rings. The number of allylic oxidation sites excluding steroid dienone is 1. The summed E-state index contributed by atoms with van der Waals surface area (Å²) < 4.78 is 105. The Labute approximate surface area is 339 Å². The molecule has 0 radical (unpaired) electrons. The Morgan fingerprint density at radius 3 is 2.42 bits per heavy atom. The number of hydrogen-bond acceptors (Lipinski definition) is 7. The molecule has 0 saturated heterocycles. The summed E-state index contributed by atoms with van der Waals surface area (Å²) >= 11 is 6.55. The number of likely N-dealkylation sites (N-methyl/N-ethyl adjacent to an activating group) is 1. The van der Waals surface area contributed by atoms with Gasteiger partial charge in [-0.3, -0.25) is 14.2 Å². The number of rotatable bonds is 11. The van der Waals surface area contributed by atoms with Gasteiger partial charge in [0.05, 0.1) is 39.1 Å². The Morgan fingerprint density at radius 1 is 1.08 bits per heavy atom. The molecule has 1 saturated carbocycles. The van der Waals surface area contributed by atoms with Gasteiger partial charge in [-0.05, 0) is 76.2 Å². The van der Waals surface area contributed by atoms with Gasteiger partial charge in [0, 0.05) is 48.8 Å². The molecule has 10 nitrogen and oxygen atoms in total. The summed E-state index contributed by atoms with van der Waals surface area (Å²) in [5.41, 5.74) is 4.00. The quantitative estimate of drug-likeness (QED) is 0.0737. The van der Waals surface area contributed by atoms with Crippen LogP contribution in [0.15, 0.2) is 54.6 Å². The smallest absolute Gasteiger partial charge is 0.382 e. The summed E-state index contributed by atoms with van der Waals surface area (Å²) in [6.07, 6.45) is -5.41. The zero-order valence-corrected chi connectivity index (χ0v) is 33.3. The molecule has 18 heteroatoms. The van der Waals surface area contributed by atoms with Crippen molar-refractivity contribution in [1.82, 2.24) is 40.1 Å². The largest absolute Gasteiger partial charge is 0.435 e. The van der Waals surface area contributed by atoms with Gasteiger partial charge in [0.15, 0.2) is 11.5 Å². The summed E-state index contributed by atoms with van der Waals surface area (Å²) in [5, 5.41) is 14.6. The second-order valence-electron chi connectivity index (χ2n) is 15.6. The van der Waals surface area contributed by atoms with Crippen molar-refractivity contribution in [2.45, 2.75) is 56.4 Å². The number of anilines is 1. The van der Waals surface area contributed by atoms with Gasteiger partial charge >= 0.3 is 6.18 Å². The van der Waals surface area contributed by atoms with E-state index in [1.165, 1.54) is 4.68 Å². The van der Waals surface area contributed by atoms with Gasteiger partial charge in [-0.25, -0.2) is 13.8 Å². The maximum absolute atomic E-state index is 15.6. The van der Waals surface area contributed by atoms with Gasteiger partial charge in [-0.2, -0.15) is 32.1 Å². The molecule has 3 heterocycles. The average molecular weight is 842 g/mol. The van der Waals surface area contributed by atoms with E-state index in [0.717, 1.165) is 18.7 Å². The fourth-order valence-corrected chi connectivity index (χ4v) is 8.03. The molecule has 0 unspecified atom stereocenters. The number of nitrogens with zero attached hydrogens (tertiary/aromatic N) is 6. The summed E-state index contributed by atoms with van der Waals surface area (Å²) in [5.74, 6) is -3.08. The molecular formula is C41H39ClF7N9O. The van der Waals surface area contributed by atoms with Crippen LogP contribution >= 0.6 is 11.6 Å². The zero-order valence-electron chi connectivity index (χ0n) is 32.5. The topological polar surface area (TPSA) is 119 Å². The van der Waals surface area contributed by atoms with E-state index < -0.39 is 76.6 Å². The van der Waals surface area contributed by atoms with Crippen LogP contribution in [0.3, 0.4) is 0 Å². The minimum absolute atomic E-state index is 0.0415. The molecule has 0 spiro atoms. The van der Waals surface area contributed by atoms with E-state index in [9.17, 15) is 26.7 Å². The molecule has 3 atom stereocenters. The number of nitrogens with two attached hydrogens (primary N) is 1. The first kappa shape index (κ1) is 41.7. The molecular weight excluding hydrogens is 803 g/mol. The molecule has 2 aliphatic carbocycles. The van der Waals surface area contributed by atoms with E-state index in [0.29, 0.717) is 44.3 Å². The predicted molar refractivity (Wildman–Crippen MR) is 208 cm³/mol. The maximum Gasteiger partial charge on any atom is 0.435 e. The lowest BCUT2D eigenvalue weighted by molar-refractivity contribution is -0.142. The Bertz CT molecular complexity index is 2560. The highest BCUT2D eigenvalue weighted by molar-refractivity contribution is 6.37. The molecule has 2 aliphatic rings. The second kappa shape index (κ2) is 15.0. The van der Waals surface area contributed by atoms with Crippen molar-refractivity contribution in [2.24, 2.45) is 13.0 Å². The summed E-state index contributed by atoms with van der Waals surface area (Å²) in [4.78, 5) is 20.9. The van der Waals surface area contributed by atoms with Crippen molar-refractivity contribution in [3.63, 3.8) is 0 Å². The third kappa shape index (κ3) is 8.00. The first-order chi connectivity index (χ1) is 27.6. The Morgan fingerprint density at radius 2 is 1.76 bits per heavy atom. The van der Waals surface area contributed by atoms with E-state index in [2.05, 4.69) is 39.3 Å². The van der Waals surface area contributed by atoms with E-state index in [1.807, 2.05) is 32.8 Å². The zero-order chi connectivity index (χ0) is 42.9. The van der Waals surface area contributed by atoms with Crippen LogP contribution in [-0.2, 0) is 36.9 Å². The number of carbonyl (C=O) groups is 1. The van der Waals surface area contributed by atoms with Crippen LogP contribution in [0.2, 0.25) is 5.02 Å². The lowest BCUT2D eigenvalue weighted by atomic mass is 9.93. The molecule has 59 heavy (non-hydrogen) atoms. The predicted octanol–water partition coefficient (Wildman–Crippen LogP) is 7.12. The van der Waals surface area contributed by atoms with E-state index in [4.69, 9.17) is 22.3 Å². The third-order valence-electron chi connectivity index (χ3n) is 10.4. The van der Waals surface area contributed by atoms with E-state index in [-0.39, 0.29) is 34.8 Å². The number of pyridine rings is 1. The summed E-state index contributed by atoms with van der Waals surface area (Å²) in [7, 11) is 5.51. The fraction of sp³-hybridized carbons (Fsp3) is 0.366. The number of nitrogen functional groups attached to an aromatic ring is 1. The molecule has 5 aromatic rings. The fourth-order valence-electron chi connectivity index (χ4n) is 7.78. The molecule has 0 bridgehead atoms. The number of amides is 1. The highest BCUT2D eigenvalue weighted by Crippen LogP contribution is 2.71. The molecule has 3 aromatic heterocycles. The Hall–Kier alpha value is -5.44. The van der Waals surface area contributed by atoms with Gasteiger partial charge < -0.3 is 21.3 Å². The van der Waals surface area contributed by atoms with Crippen molar-refractivity contribution >= 4 is 34.2 Å². The number of carbonyl (C=O) groups excluding carboxylic acids is 1. The maximum atomic E-state index is 15.6. The number of halogens is 8. The number of alkyl halides is 5. The first-order valence-corrected chi connectivity index (χ1v) is 18.8. The minimum atomic E-state index is -5.10. The Balaban J connectivity index is 1.35. The van der Waals surface area contributed by atoms with Crippen LogP contribution in [0.5, 0.6) is 0 Å². The number of aryl methyl sites for hydroxylation is 1. The molecule has 2 aromatic carbocycles. The average Bonchev–Trinajstić information content (AvgIpc) is 3.35. The SMILES string of the molecule is C=C1[C@@H]2c3c(C(F)(F)F)nn(CC(=O)N[C@@H](Cc4cc(F)cc(F)c4)c4nc(C#CC(C)(C)NCCN(C)C)ccc4-c4ccc(Cl)c5c(N)nn(C)c45)c3C(F)(F)[C@H]12. The lowest BCUT2D eigenvalue weighted by Gasteiger charge is -2.23. The molecule has 0 aliphatic heterocycles. The van der Waals surface area contributed by atoms with Gasteiger partial charge in [0.2, 0.25) is 5.91 Å². The molecule has 310 valence electrons. The number of aromatic nitrogens is 5. The number of nitrogens with one attached hydrogen (secondary N) is 2. The monoisotopic (exact) mass is 841 g/mol. The van der Waals surface area contributed by atoms with Crippen LogP contribution in [0.1, 0.15) is 59.7 Å². The van der Waals surface area contributed by atoms with Crippen molar-refractivity contribution in [1.29, 1.82) is 0 Å². The van der Waals surface area contributed by atoms with Crippen molar-refractivity contribution < 1.29 is 35.5 Å². The van der Waals surface area contributed by atoms with Gasteiger partial charge in [0.1, 0.15) is 29.6 Å². The van der Waals surface area contributed by atoms with E-state index in [1.54, 1.807) is 31.3 Å². The van der Waals surface area contributed by atoms with Crippen LogP contribution in [0.4, 0.5) is 36.6 Å². The van der Waals surface area contributed by atoms with Crippen LogP contribution in [0, 0.1) is 29.4 Å². The standard InChI is InChI=1S/C41H39ClF7N9O/c1-20-30-32-36(41(47,48)49)54-58(37(32)40(45,46)33(20)30)19-29(59)53-28(17-21-15-22(43)18-23(44)16-21)34-25(26-9-10-27(42)31-35(26)57(6)55-38(31)50)8-7-24(52-34)11-12-39(2,3)51-13-14-56(4)5/h7-10,15-16,18,28,30,33,51H,1,13-14,17,19H2,2-6H3,(H2,50,55)(H,53,59)/t28-,30+,33+/m0/s1. The lowest BCUT2D eigenvalue weighted by Crippen LogP contribution is -2.41. The molecule has 4 N–H and O–H groups in total. The van der Waals surface area contributed by atoms with Crippen molar-refractivity contribution in [3.8, 4) is 23.0 Å². The summed E-state index contributed by atoms with van der Waals surface area (Å²) in [6.45, 7) is 7.58. The Kier molecular flexibility index (Phi) is 10.6. The van der Waals surface area contributed by atoms with Gasteiger partial charge in [-0.15, -0.1) is 0 Å². The summed E-state index contributed by atoms with van der Waals surface area (Å²) in [6, 6.07) is 8.03. The van der Waals surface area contributed by atoms with Crippen molar-refractivity contribution in [2.75, 3.05) is 32.9 Å². The highest BCUT2D eigenvalue weighted by atomic mass is 35.5. The number of fused-ring (bicyclic) bond motifs is 4. The molecule has 1 amide bonds. The second-order valence-corrected chi connectivity index (χ2v) is 16.0. The highest BCUT2D eigenvalue weighted by Gasteiger charge is 2.71. The first-order valence-electron chi connectivity index (χ1n) is 18.4. The van der Waals surface area contributed by atoms with Gasteiger partial charge in [0.25, 0.3) is 5.92 Å². The number of hydrogen-bond donors (Lipinski definition) is 3. The van der Waals surface area contributed by atoms with Gasteiger partial charge in [-0.1, -0.05) is 35.7 Å². The van der Waals surface area contributed by atoms with Crippen molar-refractivity contribution in [3.05, 3.63) is 105 Å². The normalized spacial score (nSPS) is 17.5. The third-order valence-corrected chi connectivity index (χ3v) is 10.7. The van der Waals surface area contributed by atoms with Crippen LogP contribution in [-0.4, -0.2) is 68.1 Å². The van der Waals surface area contributed by atoms with E-state index >= 15 is 8.78 Å². The minimum Gasteiger partial charge on any atom is -0.382 e. The number of benzene rings is 2.